The summed E-state index contributed by atoms with van der Waals surface area (Å²) in [7, 11) is 0. The van der Waals surface area contributed by atoms with Gasteiger partial charge in [-0.1, -0.05) is 69.2 Å². The Morgan fingerprint density at radius 3 is 2.10 bits per heavy atom. The molecule has 0 saturated carbocycles. The minimum atomic E-state index is -0.968. The molecule has 1 aromatic carbocycles. The smallest absolute Gasteiger partial charge is 0.170 e. The summed E-state index contributed by atoms with van der Waals surface area (Å²) < 4.78 is 38.0. The van der Waals surface area contributed by atoms with E-state index in [0.717, 1.165) is 9.75 Å². The molecule has 0 unspecified atom stereocenters. The van der Waals surface area contributed by atoms with Crippen LogP contribution in [-0.4, -0.2) is 21.6 Å². The number of fused-ring (bicyclic) bond motifs is 1. The third-order valence-electron chi connectivity index (χ3n) is 6.35. The maximum Gasteiger partial charge on any atom is 0.170 e. The Kier molecular flexibility index (Phi) is 8.19. The van der Waals surface area contributed by atoms with Gasteiger partial charge in [-0.3, -0.25) is 0 Å². The number of hydrogen-bond donors (Lipinski definition) is 0. The minimum absolute atomic E-state index is 0.0421. The Labute approximate surface area is 243 Å². The second kappa shape index (κ2) is 10.9. The maximum atomic E-state index is 16.0. The van der Waals surface area contributed by atoms with Crippen LogP contribution in [0.3, 0.4) is 0 Å². The molecule has 0 N–H and O–H groups in total. The van der Waals surface area contributed by atoms with E-state index in [2.05, 4.69) is 50.9 Å². The number of thiophene rings is 2. The molecule has 0 spiro atoms. The maximum absolute atomic E-state index is 16.0. The van der Waals surface area contributed by atoms with Crippen molar-refractivity contribution in [3.05, 3.63) is 39.8 Å². The minimum Gasteiger partial charge on any atom is -0.492 e. The Hall–Kier alpha value is -2.83. The van der Waals surface area contributed by atoms with Gasteiger partial charge in [-0.2, -0.15) is 20.3 Å². The zero-order valence-electron chi connectivity index (χ0n) is 25.0. The molecular formula is C31H38F2N4OS2. The van der Waals surface area contributed by atoms with Crippen molar-refractivity contribution in [3.63, 3.8) is 0 Å². The van der Waals surface area contributed by atoms with E-state index in [-0.39, 0.29) is 22.5 Å². The molecule has 0 fully saturated rings. The Morgan fingerprint density at radius 1 is 0.900 bits per heavy atom. The van der Waals surface area contributed by atoms with Crippen molar-refractivity contribution in [2.75, 3.05) is 6.61 Å². The van der Waals surface area contributed by atoms with Gasteiger partial charge >= 0.3 is 0 Å². The highest BCUT2D eigenvalue weighted by atomic mass is 32.1. The van der Waals surface area contributed by atoms with Crippen LogP contribution in [0.5, 0.6) is 5.75 Å². The second-order valence-electron chi connectivity index (χ2n) is 13.2. The molecule has 0 radical (unpaired) electrons. The Morgan fingerprint density at radius 2 is 1.55 bits per heavy atom. The summed E-state index contributed by atoms with van der Waals surface area (Å²) in [5.74, 6) is -0.621. The van der Waals surface area contributed by atoms with Crippen molar-refractivity contribution < 1.29 is 13.5 Å². The first-order chi connectivity index (χ1) is 18.5. The fourth-order valence-corrected chi connectivity index (χ4v) is 6.92. The molecule has 4 aromatic rings. The van der Waals surface area contributed by atoms with Gasteiger partial charge < -0.3 is 4.74 Å². The van der Waals surface area contributed by atoms with E-state index in [1.54, 1.807) is 17.4 Å². The van der Waals surface area contributed by atoms with E-state index >= 15 is 8.78 Å². The lowest BCUT2D eigenvalue weighted by molar-refractivity contribution is 0.272. The number of nitriles is 1. The van der Waals surface area contributed by atoms with Crippen molar-refractivity contribution in [2.45, 2.75) is 86.6 Å². The highest BCUT2D eigenvalue weighted by Crippen LogP contribution is 2.50. The molecule has 0 amide bonds. The molecule has 0 aliphatic heterocycles. The Balaban J connectivity index is 1.99. The van der Waals surface area contributed by atoms with Gasteiger partial charge in [0.1, 0.15) is 22.9 Å². The Bertz CT molecular complexity index is 1590. The van der Waals surface area contributed by atoms with E-state index in [0.29, 0.717) is 51.2 Å². The normalized spacial score (nSPS) is 12.6. The number of nitrogens with zero attached hydrogens (tertiary/aromatic N) is 4. The van der Waals surface area contributed by atoms with Crippen molar-refractivity contribution in [2.24, 2.45) is 11.8 Å². The fraction of sp³-hybridized carbons (Fsp3) is 0.516. The second-order valence-corrected chi connectivity index (χ2v) is 15.3. The quantitative estimate of drug-likeness (QED) is 0.217. The van der Waals surface area contributed by atoms with Crippen LogP contribution in [0.1, 0.15) is 85.2 Å². The monoisotopic (exact) mass is 584 g/mol. The molecule has 3 heterocycles. The first-order valence-electron chi connectivity index (χ1n) is 13.6. The third kappa shape index (κ3) is 5.80. The predicted octanol–water partition coefficient (Wildman–Crippen LogP) is 9.32. The summed E-state index contributed by atoms with van der Waals surface area (Å²) in [5, 5.41) is 19.4. The molecule has 0 bridgehead atoms. The van der Waals surface area contributed by atoms with Crippen LogP contribution in [0, 0.1) is 34.8 Å². The summed E-state index contributed by atoms with van der Waals surface area (Å²) in [6.45, 7) is 21.2. The molecule has 0 atom stereocenters. The predicted molar refractivity (Wildman–Crippen MR) is 161 cm³/mol. The van der Waals surface area contributed by atoms with Crippen LogP contribution < -0.4 is 4.74 Å². The van der Waals surface area contributed by atoms with Crippen LogP contribution in [0.25, 0.3) is 31.2 Å². The summed E-state index contributed by atoms with van der Waals surface area (Å²) in [4.78, 5) is 4.58. The standard InChI is InChI=1S/C31H38F2N4OS2/c1-16(2)14-37-35-26-22(24(32)25(33)23(27(26)36-37)31(8,9)10)20-11-18(13-34)28(39-20)29-19(38-15-17(3)4)12-21(40-29)30(5,6)7/h11-12,16-17H,14-15H2,1-10H3. The number of ether oxygens (including phenoxy) is 1. The molecule has 4 rings (SSSR count). The van der Waals surface area contributed by atoms with Gasteiger partial charge in [0.15, 0.2) is 11.6 Å². The zero-order chi connectivity index (χ0) is 29.7. The van der Waals surface area contributed by atoms with E-state index < -0.39 is 17.0 Å². The van der Waals surface area contributed by atoms with Gasteiger partial charge in [0.2, 0.25) is 0 Å². The summed E-state index contributed by atoms with van der Waals surface area (Å²) in [6.07, 6.45) is 0. The van der Waals surface area contributed by atoms with Gasteiger partial charge in [-0.15, -0.1) is 22.7 Å². The van der Waals surface area contributed by atoms with Crippen LogP contribution in [-0.2, 0) is 17.4 Å². The van der Waals surface area contributed by atoms with Crippen molar-refractivity contribution in [3.8, 4) is 32.0 Å². The average Bonchev–Trinajstić information content (AvgIpc) is 3.53. The summed E-state index contributed by atoms with van der Waals surface area (Å²) in [6, 6.07) is 5.95. The largest absolute Gasteiger partial charge is 0.492 e. The van der Waals surface area contributed by atoms with Crippen LogP contribution in [0.2, 0.25) is 0 Å². The van der Waals surface area contributed by atoms with Crippen LogP contribution in [0.4, 0.5) is 8.78 Å². The van der Waals surface area contributed by atoms with E-state index in [9.17, 15) is 5.26 Å². The first-order valence-corrected chi connectivity index (χ1v) is 15.2. The molecule has 0 aliphatic rings. The first kappa shape index (κ1) is 30.1. The van der Waals surface area contributed by atoms with Gasteiger partial charge in [-0.05, 0) is 34.8 Å². The van der Waals surface area contributed by atoms with E-state index in [1.807, 2.05) is 40.7 Å². The van der Waals surface area contributed by atoms with Gasteiger partial charge in [-0.25, -0.2) is 8.78 Å². The number of hydrogen-bond acceptors (Lipinski definition) is 6. The fourth-order valence-electron chi connectivity index (χ4n) is 4.46. The van der Waals surface area contributed by atoms with E-state index in [4.69, 9.17) is 4.74 Å². The van der Waals surface area contributed by atoms with Crippen molar-refractivity contribution in [1.82, 2.24) is 15.0 Å². The van der Waals surface area contributed by atoms with Crippen molar-refractivity contribution >= 4 is 33.7 Å². The van der Waals surface area contributed by atoms with E-state index in [1.165, 1.54) is 16.1 Å². The topological polar surface area (TPSA) is 63.7 Å². The highest BCUT2D eigenvalue weighted by Gasteiger charge is 2.33. The van der Waals surface area contributed by atoms with Crippen molar-refractivity contribution in [1.29, 1.82) is 5.26 Å². The number of benzene rings is 1. The van der Waals surface area contributed by atoms with Crippen LogP contribution >= 0.6 is 22.7 Å². The molecular weight excluding hydrogens is 546 g/mol. The summed E-state index contributed by atoms with van der Waals surface area (Å²) >= 11 is 2.83. The molecule has 0 saturated heterocycles. The molecule has 0 aliphatic carbocycles. The number of rotatable bonds is 7. The lowest BCUT2D eigenvalue weighted by Gasteiger charge is -2.21. The molecule has 3 aromatic heterocycles. The third-order valence-corrected chi connectivity index (χ3v) is 9.21. The highest BCUT2D eigenvalue weighted by molar-refractivity contribution is 7.24. The van der Waals surface area contributed by atoms with Gasteiger partial charge in [0.25, 0.3) is 0 Å². The lowest BCUT2D eigenvalue weighted by atomic mass is 9.84. The van der Waals surface area contributed by atoms with Crippen LogP contribution in [0.15, 0.2) is 12.1 Å². The average molecular weight is 585 g/mol. The number of halogens is 2. The van der Waals surface area contributed by atoms with Gasteiger partial charge in [0.05, 0.1) is 34.0 Å². The number of aromatic nitrogens is 3. The zero-order valence-corrected chi connectivity index (χ0v) is 26.6. The molecule has 40 heavy (non-hydrogen) atoms. The molecule has 9 heteroatoms. The lowest BCUT2D eigenvalue weighted by Crippen LogP contribution is -2.16. The molecule has 5 nitrogen and oxygen atoms in total. The summed E-state index contributed by atoms with van der Waals surface area (Å²) in [5.41, 5.74) is 0.475. The SMILES string of the molecule is CC(C)COc1cc(C(C)(C)C)sc1-c1sc(-c2c(F)c(F)c(C(C)(C)C)c3nn(CC(C)C)nc23)cc1C#N. The van der Waals surface area contributed by atoms with Gasteiger partial charge in [0, 0.05) is 15.3 Å². The molecule has 214 valence electrons.